The third-order valence-electron chi connectivity index (χ3n) is 2.21. The summed E-state index contributed by atoms with van der Waals surface area (Å²) in [5.74, 6) is -0.910. The fourth-order valence-electron chi connectivity index (χ4n) is 1.42. The van der Waals surface area contributed by atoms with Crippen molar-refractivity contribution in [2.24, 2.45) is 0 Å². The molecule has 1 atom stereocenters. The van der Waals surface area contributed by atoms with Crippen molar-refractivity contribution in [1.82, 2.24) is 10.3 Å². The second kappa shape index (κ2) is 7.26. The van der Waals surface area contributed by atoms with Crippen molar-refractivity contribution in [2.45, 2.75) is 45.8 Å². The van der Waals surface area contributed by atoms with Crippen LogP contribution in [0, 0.1) is 0 Å². The summed E-state index contributed by atoms with van der Waals surface area (Å²) in [7, 11) is 0. The summed E-state index contributed by atoms with van der Waals surface area (Å²) in [6.45, 7) is 7.71. The van der Waals surface area contributed by atoms with Crippen LogP contribution in [0.25, 0.3) is 0 Å². The van der Waals surface area contributed by atoms with E-state index in [-0.39, 0.29) is 12.5 Å². The van der Waals surface area contributed by atoms with Gasteiger partial charge in [0.05, 0.1) is 12.1 Å². The van der Waals surface area contributed by atoms with Crippen LogP contribution in [-0.4, -0.2) is 40.3 Å². The molecule has 1 unspecified atom stereocenters. The van der Waals surface area contributed by atoms with E-state index < -0.39 is 17.7 Å². The second-order valence-corrected chi connectivity index (χ2v) is 6.50. The number of amides is 1. The number of alkyl carbamates (subject to hydrolysis) is 1. The van der Waals surface area contributed by atoms with Crippen LogP contribution < -0.4 is 10.6 Å². The zero-order valence-corrected chi connectivity index (χ0v) is 13.4. The predicted molar refractivity (Wildman–Crippen MR) is 80.8 cm³/mol. The molecule has 0 bridgehead atoms. The molecule has 3 N–H and O–H groups in total. The van der Waals surface area contributed by atoms with Crippen LogP contribution in [0.1, 0.15) is 33.4 Å². The lowest BCUT2D eigenvalue weighted by molar-refractivity contribution is -0.136. The van der Waals surface area contributed by atoms with Gasteiger partial charge in [0.1, 0.15) is 5.60 Å². The molecule has 1 aromatic rings. The highest BCUT2D eigenvalue weighted by Crippen LogP contribution is 2.15. The van der Waals surface area contributed by atoms with Gasteiger partial charge in [-0.3, -0.25) is 4.79 Å². The average molecular weight is 315 g/mol. The predicted octanol–water partition coefficient (Wildman–Crippen LogP) is 2.10. The number of anilines is 1. The van der Waals surface area contributed by atoms with Gasteiger partial charge in [0.15, 0.2) is 5.13 Å². The minimum atomic E-state index is -0.910. The van der Waals surface area contributed by atoms with E-state index in [1.54, 1.807) is 26.2 Å². The largest absolute Gasteiger partial charge is 0.481 e. The number of carboxylic acid groups (broad SMARTS) is 1. The Morgan fingerprint density at radius 2 is 2.14 bits per heavy atom. The van der Waals surface area contributed by atoms with Crippen molar-refractivity contribution in [2.75, 3.05) is 11.9 Å². The van der Waals surface area contributed by atoms with Crippen molar-refractivity contribution in [3.63, 3.8) is 0 Å². The smallest absolute Gasteiger partial charge is 0.407 e. The molecule has 0 fully saturated rings. The zero-order chi connectivity index (χ0) is 16.0. The number of thiazole rings is 1. The molecule has 1 rings (SSSR count). The summed E-state index contributed by atoms with van der Waals surface area (Å²) < 4.78 is 5.15. The Morgan fingerprint density at radius 1 is 1.48 bits per heavy atom. The van der Waals surface area contributed by atoms with Crippen LogP contribution >= 0.6 is 11.3 Å². The Balaban J connectivity index is 2.35. The first kappa shape index (κ1) is 17.2. The van der Waals surface area contributed by atoms with E-state index in [1.807, 2.05) is 6.92 Å². The van der Waals surface area contributed by atoms with E-state index in [1.165, 1.54) is 11.3 Å². The molecule has 1 heterocycles. The number of carbonyl (C=O) groups excluding carboxylic acids is 1. The lowest BCUT2D eigenvalue weighted by Gasteiger charge is -2.22. The van der Waals surface area contributed by atoms with Gasteiger partial charge in [0.2, 0.25) is 0 Å². The first-order chi connectivity index (χ1) is 9.65. The number of ether oxygens (including phenoxy) is 1. The number of hydrogen-bond donors (Lipinski definition) is 3. The topological polar surface area (TPSA) is 101 Å². The van der Waals surface area contributed by atoms with E-state index in [4.69, 9.17) is 9.84 Å². The zero-order valence-electron chi connectivity index (χ0n) is 12.6. The lowest BCUT2D eigenvalue weighted by Crippen LogP contribution is -2.40. The summed E-state index contributed by atoms with van der Waals surface area (Å²) in [5, 5.41) is 16.7. The number of nitrogens with one attached hydrogen (secondary N) is 2. The maximum Gasteiger partial charge on any atom is 0.407 e. The van der Waals surface area contributed by atoms with Gasteiger partial charge in [0.25, 0.3) is 0 Å². The van der Waals surface area contributed by atoms with Gasteiger partial charge in [-0.2, -0.15) is 0 Å². The van der Waals surface area contributed by atoms with Crippen LogP contribution in [0.3, 0.4) is 0 Å². The van der Waals surface area contributed by atoms with Crippen molar-refractivity contribution < 1.29 is 19.4 Å². The lowest BCUT2D eigenvalue weighted by atomic mass is 10.2. The molecule has 1 aromatic heterocycles. The van der Waals surface area contributed by atoms with E-state index in [9.17, 15) is 9.59 Å². The van der Waals surface area contributed by atoms with Gasteiger partial charge in [-0.05, 0) is 27.7 Å². The fourth-order valence-corrected chi connectivity index (χ4v) is 2.14. The van der Waals surface area contributed by atoms with E-state index in [2.05, 4.69) is 15.6 Å². The van der Waals surface area contributed by atoms with Gasteiger partial charge >= 0.3 is 12.1 Å². The van der Waals surface area contributed by atoms with Gasteiger partial charge < -0.3 is 20.5 Å². The number of aliphatic carboxylic acids is 1. The number of nitrogens with zero attached hydrogens (tertiary/aromatic N) is 1. The van der Waals surface area contributed by atoms with Gasteiger partial charge in [0, 0.05) is 18.0 Å². The van der Waals surface area contributed by atoms with Gasteiger partial charge in [-0.1, -0.05) is 0 Å². The third kappa shape index (κ3) is 7.50. The third-order valence-corrected chi connectivity index (χ3v) is 3.06. The quantitative estimate of drug-likeness (QED) is 0.743. The normalized spacial score (nSPS) is 12.6. The summed E-state index contributed by atoms with van der Waals surface area (Å²) in [6, 6.07) is -0.147. The minimum Gasteiger partial charge on any atom is -0.481 e. The Kier molecular flexibility index (Phi) is 5.95. The molecule has 0 spiro atoms. The first-order valence-electron chi connectivity index (χ1n) is 6.55. The minimum absolute atomic E-state index is 0.0934. The highest BCUT2D eigenvalue weighted by Gasteiger charge is 2.17. The van der Waals surface area contributed by atoms with Crippen molar-refractivity contribution in [3.8, 4) is 0 Å². The molecule has 21 heavy (non-hydrogen) atoms. The van der Waals surface area contributed by atoms with Crippen molar-refractivity contribution in [3.05, 3.63) is 11.1 Å². The van der Waals surface area contributed by atoms with Crippen LogP contribution in [0.15, 0.2) is 5.38 Å². The molecular weight excluding hydrogens is 294 g/mol. The van der Waals surface area contributed by atoms with Gasteiger partial charge in [-0.25, -0.2) is 9.78 Å². The second-order valence-electron chi connectivity index (χ2n) is 5.64. The molecule has 8 heteroatoms. The fraction of sp³-hybridized carbons (Fsp3) is 0.615. The summed E-state index contributed by atoms with van der Waals surface area (Å²) in [4.78, 5) is 26.3. The van der Waals surface area contributed by atoms with Crippen molar-refractivity contribution >= 4 is 28.5 Å². The summed E-state index contributed by atoms with van der Waals surface area (Å²) in [5.41, 5.74) is -0.0131. The number of rotatable bonds is 6. The Morgan fingerprint density at radius 3 is 2.71 bits per heavy atom. The van der Waals surface area contributed by atoms with Crippen LogP contribution in [-0.2, 0) is 16.0 Å². The molecule has 0 aliphatic rings. The summed E-state index contributed by atoms with van der Waals surface area (Å²) >= 11 is 1.33. The molecule has 0 saturated carbocycles. The molecule has 0 aliphatic heterocycles. The Labute approximate surface area is 127 Å². The van der Waals surface area contributed by atoms with Crippen LogP contribution in [0.5, 0.6) is 0 Å². The Bertz CT molecular complexity index is 496. The molecule has 118 valence electrons. The van der Waals surface area contributed by atoms with Crippen molar-refractivity contribution in [1.29, 1.82) is 0 Å². The van der Waals surface area contributed by atoms with Crippen LogP contribution in [0.4, 0.5) is 9.93 Å². The summed E-state index contributed by atoms with van der Waals surface area (Å²) in [6.07, 6.45) is -0.563. The molecule has 0 aromatic carbocycles. The highest BCUT2D eigenvalue weighted by molar-refractivity contribution is 7.13. The average Bonchev–Trinajstić information content (AvgIpc) is 2.70. The van der Waals surface area contributed by atoms with E-state index in [0.29, 0.717) is 17.4 Å². The van der Waals surface area contributed by atoms with E-state index in [0.717, 1.165) is 0 Å². The number of aromatic nitrogens is 1. The number of carboxylic acids is 1. The SMILES string of the molecule is CC(CNc1nc(CC(=O)O)cs1)NC(=O)OC(C)(C)C. The molecule has 7 nitrogen and oxygen atoms in total. The monoisotopic (exact) mass is 315 g/mol. The number of hydrogen-bond acceptors (Lipinski definition) is 6. The maximum atomic E-state index is 11.6. The molecule has 0 radical (unpaired) electrons. The molecule has 0 aliphatic carbocycles. The molecule has 0 saturated heterocycles. The standard InChI is InChI=1S/C13H21N3O4S/c1-8(15-12(19)20-13(2,3)4)6-14-11-16-9(7-21-11)5-10(17)18/h7-8H,5-6H2,1-4H3,(H,14,16)(H,15,19)(H,17,18). The Hall–Kier alpha value is -1.83. The van der Waals surface area contributed by atoms with Gasteiger partial charge in [-0.15, -0.1) is 11.3 Å². The molecular formula is C13H21N3O4S. The molecule has 1 amide bonds. The number of carbonyl (C=O) groups is 2. The highest BCUT2D eigenvalue weighted by atomic mass is 32.1. The maximum absolute atomic E-state index is 11.6. The first-order valence-corrected chi connectivity index (χ1v) is 7.43. The van der Waals surface area contributed by atoms with Crippen LogP contribution in [0.2, 0.25) is 0 Å². The van der Waals surface area contributed by atoms with E-state index >= 15 is 0 Å².